The Bertz CT molecular complexity index is 412. The number of nitrogens with zero attached hydrogens (tertiary/aromatic N) is 2. The number of nitrogen functional groups attached to an aromatic ring is 1. The molecule has 0 aliphatic carbocycles. The summed E-state index contributed by atoms with van der Waals surface area (Å²) in [5, 5.41) is 0. The molecule has 0 radical (unpaired) electrons. The van der Waals surface area contributed by atoms with Crippen molar-refractivity contribution in [3.8, 4) is 0 Å². The fourth-order valence-electron chi connectivity index (χ4n) is 2.80. The third kappa shape index (κ3) is 3.91. The number of benzene rings is 1. The second-order valence-corrected chi connectivity index (χ2v) is 5.79. The molecule has 1 saturated heterocycles. The molecule has 2 rings (SSSR count). The number of para-hydroxylation sites is 1. The second-order valence-electron chi connectivity index (χ2n) is 5.79. The van der Waals surface area contributed by atoms with Crippen LogP contribution < -0.4 is 5.73 Å². The van der Waals surface area contributed by atoms with Gasteiger partial charge in [0.05, 0.1) is 5.69 Å². The van der Waals surface area contributed by atoms with Crippen LogP contribution in [-0.2, 0) is 6.54 Å². The van der Waals surface area contributed by atoms with Crippen LogP contribution in [0, 0.1) is 11.7 Å². The number of piperidine rings is 1. The summed E-state index contributed by atoms with van der Waals surface area (Å²) in [6, 6.07) is 5.08. The van der Waals surface area contributed by atoms with Crippen molar-refractivity contribution in [3.63, 3.8) is 0 Å². The highest BCUT2D eigenvalue weighted by Gasteiger charge is 2.20. The smallest absolute Gasteiger partial charge is 0.146 e. The first-order chi connectivity index (χ1) is 9.06. The van der Waals surface area contributed by atoms with E-state index in [0.29, 0.717) is 5.69 Å². The quantitative estimate of drug-likeness (QED) is 0.847. The van der Waals surface area contributed by atoms with Crippen LogP contribution in [0.4, 0.5) is 10.1 Å². The molecule has 1 aliphatic heterocycles. The summed E-state index contributed by atoms with van der Waals surface area (Å²) in [5.74, 6) is 0.483. The van der Waals surface area contributed by atoms with Crippen molar-refractivity contribution in [2.45, 2.75) is 19.4 Å². The van der Waals surface area contributed by atoms with Crippen molar-refractivity contribution in [1.82, 2.24) is 9.80 Å². The van der Waals surface area contributed by atoms with E-state index >= 15 is 0 Å². The molecule has 19 heavy (non-hydrogen) atoms. The fourth-order valence-corrected chi connectivity index (χ4v) is 2.80. The molecule has 3 nitrogen and oxygen atoms in total. The predicted molar refractivity (Wildman–Crippen MR) is 77.4 cm³/mol. The van der Waals surface area contributed by atoms with E-state index in [4.69, 9.17) is 5.73 Å². The number of rotatable bonds is 4. The van der Waals surface area contributed by atoms with Crippen LogP contribution >= 0.6 is 0 Å². The lowest BCUT2D eigenvalue weighted by Crippen LogP contribution is -2.36. The van der Waals surface area contributed by atoms with Gasteiger partial charge in [-0.2, -0.15) is 0 Å². The van der Waals surface area contributed by atoms with Gasteiger partial charge in [-0.15, -0.1) is 0 Å². The van der Waals surface area contributed by atoms with Crippen LogP contribution in [0.15, 0.2) is 18.2 Å². The zero-order valence-corrected chi connectivity index (χ0v) is 11.9. The molecule has 0 bridgehead atoms. The van der Waals surface area contributed by atoms with Gasteiger partial charge in [-0.1, -0.05) is 12.1 Å². The van der Waals surface area contributed by atoms with E-state index in [0.717, 1.165) is 37.7 Å². The van der Waals surface area contributed by atoms with E-state index in [-0.39, 0.29) is 5.82 Å². The minimum absolute atomic E-state index is 0.304. The van der Waals surface area contributed by atoms with Crippen molar-refractivity contribution in [2.75, 3.05) is 39.5 Å². The van der Waals surface area contributed by atoms with Gasteiger partial charge in [0, 0.05) is 13.1 Å². The minimum atomic E-state index is -0.306. The summed E-state index contributed by atoms with van der Waals surface area (Å²) in [6.45, 7) is 4.08. The van der Waals surface area contributed by atoms with Gasteiger partial charge in [-0.05, 0) is 57.6 Å². The van der Waals surface area contributed by atoms with Crippen LogP contribution in [-0.4, -0.2) is 43.5 Å². The molecule has 0 aromatic heterocycles. The molecule has 0 spiro atoms. The Hall–Kier alpha value is -1.13. The molecule has 0 saturated carbocycles. The van der Waals surface area contributed by atoms with E-state index in [1.807, 2.05) is 6.07 Å². The highest BCUT2D eigenvalue weighted by Crippen LogP contribution is 2.22. The molecule has 0 amide bonds. The number of anilines is 1. The molecule has 4 heteroatoms. The standard InChI is InChI=1S/C15H24FN3/c1-18(2)10-12-6-8-19(9-7-12)11-13-4-3-5-14(16)15(13)17/h3-5,12H,6-11,17H2,1-2H3. The summed E-state index contributed by atoms with van der Waals surface area (Å²) in [7, 11) is 4.25. The summed E-state index contributed by atoms with van der Waals surface area (Å²) >= 11 is 0. The van der Waals surface area contributed by atoms with E-state index < -0.39 is 0 Å². The topological polar surface area (TPSA) is 32.5 Å². The summed E-state index contributed by atoms with van der Waals surface area (Å²) in [6.07, 6.45) is 2.43. The zero-order chi connectivity index (χ0) is 13.8. The number of hydrogen-bond donors (Lipinski definition) is 1. The molecular weight excluding hydrogens is 241 g/mol. The third-order valence-electron chi connectivity index (χ3n) is 3.87. The largest absolute Gasteiger partial charge is 0.396 e. The van der Waals surface area contributed by atoms with Gasteiger partial charge < -0.3 is 10.6 Å². The average Bonchev–Trinajstić information content (AvgIpc) is 2.37. The number of nitrogens with two attached hydrogens (primary N) is 1. The van der Waals surface area contributed by atoms with Gasteiger partial charge in [0.25, 0.3) is 0 Å². The van der Waals surface area contributed by atoms with E-state index in [1.165, 1.54) is 18.9 Å². The van der Waals surface area contributed by atoms with Gasteiger partial charge in [-0.25, -0.2) is 4.39 Å². The molecule has 0 atom stereocenters. The van der Waals surface area contributed by atoms with E-state index in [1.54, 1.807) is 6.07 Å². The maximum atomic E-state index is 13.4. The molecular formula is C15H24FN3. The highest BCUT2D eigenvalue weighted by molar-refractivity contribution is 5.47. The molecule has 1 aromatic carbocycles. The number of halogens is 1. The monoisotopic (exact) mass is 265 g/mol. The van der Waals surface area contributed by atoms with Crippen molar-refractivity contribution < 1.29 is 4.39 Å². The predicted octanol–water partition coefficient (Wildman–Crippen LogP) is 2.18. The maximum Gasteiger partial charge on any atom is 0.146 e. The Morgan fingerprint density at radius 1 is 1.32 bits per heavy atom. The summed E-state index contributed by atoms with van der Waals surface area (Å²) < 4.78 is 13.4. The van der Waals surface area contributed by atoms with Crippen LogP contribution in [0.25, 0.3) is 0 Å². The minimum Gasteiger partial charge on any atom is -0.396 e. The lowest BCUT2D eigenvalue weighted by molar-refractivity contribution is 0.157. The SMILES string of the molecule is CN(C)CC1CCN(Cc2cccc(F)c2N)CC1. The highest BCUT2D eigenvalue weighted by atomic mass is 19.1. The normalized spacial score (nSPS) is 18.1. The Balaban J connectivity index is 1.87. The first kappa shape index (κ1) is 14.3. The molecule has 1 fully saturated rings. The van der Waals surface area contributed by atoms with Gasteiger partial charge >= 0.3 is 0 Å². The lowest BCUT2D eigenvalue weighted by Gasteiger charge is -2.33. The van der Waals surface area contributed by atoms with E-state index in [9.17, 15) is 4.39 Å². The number of hydrogen-bond acceptors (Lipinski definition) is 3. The molecule has 1 aliphatic rings. The molecule has 1 heterocycles. The first-order valence-corrected chi connectivity index (χ1v) is 6.96. The molecule has 1 aromatic rings. The summed E-state index contributed by atoms with van der Waals surface area (Å²) in [4.78, 5) is 4.63. The maximum absolute atomic E-state index is 13.4. The Morgan fingerprint density at radius 2 is 2.00 bits per heavy atom. The average molecular weight is 265 g/mol. The van der Waals surface area contributed by atoms with Gasteiger partial charge in [0.15, 0.2) is 0 Å². The van der Waals surface area contributed by atoms with Crippen molar-refractivity contribution in [3.05, 3.63) is 29.6 Å². The van der Waals surface area contributed by atoms with Crippen LogP contribution in [0.3, 0.4) is 0 Å². The Kier molecular flexibility index (Phi) is 4.77. The lowest BCUT2D eigenvalue weighted by atomic mass is 9.96. The molecule has 106 valence electrons. The zero-order valence-electron chi connectivity index (χ0n) is 11.9. The fraction of sp³-hybridized carbons (Fsp3) is 0.600. The van der Waals surface area contributed by atoms with Crippen LogP contribution in [0.5, 0.6) is 0 Å². The van der Waals surface area contributed by atoms with Crippen molar-refractivity contribution in [1.29, 1.82) is 0 Å². The first-order valence-electron chi connectivity index (χ1n) is 6.96. The van der Waals surface area contributed by atoms with Crippen LogP contribution in [0.1, 0.15) is 18.4 Å². The third-order valence-corrected chi connectivity index (χ3v) is 3.87. The summed E-state index contributed by atoms with van der Waals surface area (Å²) in [5.41, 5.74) is 7.00. The van der Waals surface area contributed by atoms with Gasteiger partial charge in [0.1, 0.15) is 5.82 Å². The molecule has 0 unspecified atom stereocenters. The Labute approximate surface area is 115 Å². The van der Waals surface area contributed by atoms with Gasteiger partial charge in [0.2, 0.25) is 0 Å². The van der Waals surface area contributed by atoms with Gasteiger partial charge in [-0.3, -0.25) is 4.90 Å². The Morgan fingerprint density at radius 3 is 2.63 bits per heavy atom. The molecule has 2 N–H and O–H groups in total. The second kappa shape index (κ2) is 6.35. The number of likely N-dealkylation sites (tertiary alicyclic amines) is 1. The van der Waals surface area contributed by atoms with Crippen LogP contribution in [0.2, 0.25) is 0 Å². The van der Waals surface area contributed by atoms with Crippen molar-refractivity contribution >= 4 is 5.69 Å². The van der Waals surface area contributed by atoms with Crippen molar-refractivity contribution in [2.24, 2.45) is 5.92 Å². The van der Waals surface area contributed by atoms with E-state index in [2.05, 4.69) is 23.9 Å².